The maximum absolute atomic E-state index is 10.8. The summed E-state index contributed by atoms with van der Waals surface area (Å²) in [4.78, 5) is 10.8. The van der Waals surface area contributed by atoms with Gasteiger partial charge in [0.1, 0.15) is 0 Å². The van der Waals surface area contributed by atoms with Gasteiger partial charge in [0.25, 0.3) is 0 Å². The van der Waals surface area contributed by atoms with Gasteiger partial charge in [-0.3, -0.25) is 4.79 Å². The highest BCUT2D eigenvalue weighted by Gasteiger charge is 1.96. The first-order valence-corrected chi connectivity index (χ1v) is 5.11. The Hall–Kier alpha value is -1.57. The molecule has 0 amide bonds. The maximum atomic E-state index is 10.8. The predicted molar refractivity (Wildman–Crippen MR) is 61.3 cm³/mol. The van der Waals surface area contributed by atoms with Gasteiger partial charge in [-0.25, -0.2) is 0 Å². The van der Waals surface area contributed by atoms with E-state index in [1.54, 1.807) is 0 Å². The van der Waals surface area contributed by atoms with E-state index in [-0.39, 0.29) is 5.97 Å². The zero-order valence-corrected chi connectivity index (χ0v) is 8.98. The van der Waals surface area contributed by atoms with E-state index in [1.165, 1.54) is 12.7 Å². The molecule has 0 aromatic heterocycles. The number of unbranched alkanes of at least 4 members (excludes halogenated alkanes) is 1. The first kappa shape index (κ1) is 11.5. The molecule has 0 aliphatic carbocycles. The highest BCUT2D eigenvalue weighted by atomic mass is 16.5. The van der Waals surface area contributed by atoms with Crippen LogP contribution in [0.25, 0.3) is 6.08 Å². The van der Waals surface area contributed by atoms with E-state index in [0.29, 0.717) is 6.42 Å². The Morgan fingerprint density at radius 2 is 2.07 bits per heavy atom. The van der Waals surface area contributed by atoms with E-state index in [9.17, 15) is 4.79 Å². The molecule has 2 heteroatoms. The zero-order valence-electron chi connectivity index (χ0n) is 8.98. The number of benzene rings is 1. The molecule has 0 unspecified atom stereocenters. The van der Waals surface area contributed by atoms with Crippen LogP contribution < -0.4 is 0 Å². The summed E-state index contributed by atoms with van der Waals surface area (Å²) in [5, 5.41) is 0. The number of carbonyl (C=O) groups is 1. The van der Waals surface area contributed by atoms with E-state index >= 15 is 0 Å². The van der Waals surface area contributed by atoms with E-state index in [1.807, 2.05) is 18.2 Å². The van der Waals surface area contributed by atoms with E-state index in [0.717, 1.165) is 12.8 Å². The van der Waals surface area contributed by atoms with Crippen molar-refractivity contribution in [2.75, 3.05) is 7.11 Å². The molecular weight excluding hydrogens is 188 g/mol. The Labute approximate surface area is 90.6 Å². The molecule has 0 spiro atoms. The van der Waals surface area contributed by atoms with Crippen LogP contribution in [-0.2, 0) is 9.53 Å². The van der Waals surface area contributed by atoms with Crippen LogP contribution in [0.2, 0.25) is 0 Å². The number of hydrogen-bond donors (Lipinski definition) is 0. The van der Waals surface area contributed by atoms with Gasteiger partial charge < -0.3 is 4.74 Å². The normalized spacial score (nSPS) is 10.5. The van der Waals surface area contributed by atoms with Gasteiger partial charge in [-0.05, 0) is 18.4 Å². The van der Waals surface area contributed by atoms with Crippen molar-refractivity contribution in [3.63, 3.8) is 0 Å². The Morgan fingerprint density at radius 1 is 1.33 bits per heavy atom. The molecule has 0 heterocycles. The molecular formula is C13H16O2. The standard InChI is InChI=1S/C13H16O2/c1-15-13(14)11-7-3-6-10-12-8-4-2-5-9-12/h2,4-6,8-10H,3,7,11H2,1H3/b10-6+. The largest absolute Gasteiger partial charge is 0.469 e. The van der Waals surface area contributed by atoms with Gasteiger partial charge in [0, 0.05) is 6.42 Å². The lowest BCUT2D eigenvalue weighted by Gasteiger charge is -1.96. The van der Waals surface area contributed by atoms with Gasteiger partial charge in [-0.15, -0.1) is 0 Å². The summed E-state index contributed by atoms with van der Waals surface area (Å²) in [6.07, 6.45) is 6.39. The number of carbonyl (C=O) groups excluding carboxylic acids is 1. The minimum absolute atomic E-state index is 0.136. The first-order valence-electron chi connectivity index (χ1n) is 5.11. The van der Waals surface area contributed by atoms with Crippen LogP contribution in [0.1, 0.15) is 24.8 Å². The lowest BCUT2D eigenvalue weighted by Crippen LogP contribution is -1.98. The van der Waals surface area contributed by atoms with Crippen molar-refractivity contribution in [1.29, 1.82) is 0 Å². The first-order chi connectivity index (χ1) is 7.33. The van der Waals surface area contributed by atoms with Crippen LogP contribution in [0.5, 0.6) is 0 Å². The SMILES string of the molecule is COC(=O)CCC/C=C/c1ccccc1. The third-order valence-corrected chi connectivity index (χ3v) is 2.09. The summed E-state index contributed by atoms with van der Waals surface area (Å²) < 4.78 is 4.55. The van der Waals surface area contributed by atoms with E-state index in [2.05, 4.69) is 29.0 Å². The Balaban J connectivity index is 2.20. The van der Waals surface area contributed by atoms with Crippen molar-refractivity contribution in [2.45, 2.75) is 19.3 Å². The zero-order chi connectivity index (χ0) is 10.9. The highest BCUT2D eigenvalue weighted by molar-refractivity contribution is 5.69. The number of ether oxygens (including phenoxy) is 1. The van der Waals surface area contributed by atoms with Gasteiger partial charge >= 0.3 is 5.97 Å². The lowest BCUT2D eigenvalue weighted by atomic mass is 10.1. The molecule has 80 valence electrons. The van der Waals surface area contributed by atoms with Gasteiger partial charge in [0.2, 0.25) is 0 Å². The fourth-order valence-electron chi connectivity index (χ4n) is 1.25. The second-order valence-corrected chi connectivity index (χ2v) is 3.28. The molecule has 1 rings (SSSR count). The van der Waals surface area contributed by atoms with Crippen LogP contribution in [0.4, 0.5) is 0 Å². The molecule has 0 radical (unpaired) electrons. The molecule has 0 saturated heterocycles. The molecule has 0 aliphatic heterocycles. The predicted octanol–water partition coefficient (Wildman–Crippen LogP) is 3.04. The quantitative estimate of drug-likeness (QED) is 0.544. The third-order valence-electron chi connectivity index (χ3n) is 2.09. The smallest absolute Gasteiger partial charge is 0.305 e. The number of rotatable bonds is 5. The van der Waals surface area contributed by atoms with Crippen LogP contribution in [0, 0.1) is 0 Å². The van der Waals surface area contributed by atoms with Crippen LogP contribution >= 0.6 is 0 Å². The fourth-order valence-corrected chi connectivity index (χ4v) is 1.25. The molecule has 0 aliphatic rings. The summed E-state index contributed by atoms with van der Waals surface area (Å²) in [5.74, 6) is -0.136. The average Bonchev–Trinajstić information content (AvgIpc) is 2.29. The topological polar surface area (TPSA) is 26.3 Å². The monoisotopic (exact) mass is 204 g/mol. The molecule has 0 fully saturated rings. The van der Waals surface area contributed by atoms with E-state index < -0.39 is 0 Å². The van der Waals surface area contributed by atoms with Crippen LogP contribution in [-0.4, -0.2) is 13.1 Å². The van der Waals surface area contributed by atoms with Crippen LogP contribution in [0.3, 0.4) is 0 Å². The second-order valence-electron chi connectivity index (χ2n) is 3.28. The number of methoxy groups -OCH3 is 1. The van der Waals surface area contributed by atoms with Gasteiger partial charge in [0.05, 0.1) is 7.11 Å². The number of allylic oxidation sites excluding steroid dienone is 1. The molecule has 1 aromatic carbocycles. The molecule has 15 heavy (non-hydrogen) atoms. The van der Waals surface area contributed by atoms with Crippen molar-refractivity contribution in [3.8, 4) is 0 Å². The molecule has 2 nitrogen and oxygen atoms in total. The van der Waals surface area contributed by atoms with Crippen molar-refractivity contribution < 1.29 is 9.53 Å². The van der Waals surface area contributed by atoms with Crippen LogP contribution in [0.15, 0.2) is 36.4 Å². The number of esters is 1. The average molecular weight is 204 g/mol. The summed E-state index contributed by atoms with van der Waals surface area (Å²) in [5.41, 5.74) is 1.19. The number of hydrogen-bond acceptors (Lipinski definition) is 2. The van der Waals surface area contributed by atoms with Crippen molar-refractivity contribution in [2.24, 2.45) is 0 Å². The second kappa shape index (κ2) is 6.82. The molecule has 0 N–H and O–H groups in total. The third kappa shape index (κ3) is 5.01. The highest BCUT2D eigenvalue weighted by Crippen LogP contribution is 2.04. The summed E-state index contributed by atoms with van der Waals surface area (Å²) in [7, 11) is 1.42. The molecule has 0 saturated carbocycles. The fraction of sp³-hybridized carbons (Fsp3) is 0.308. The van der Waals surface area contributed by atoms with Gasteiger partial charge in [-0.2, -0.15) is 0 Å². The minimum Gasteiger partial charge on any atom is -0.469 e. The Kier molecular flexibility index (Phi) is 5.23. The lowest BCUT2D eigenvalue weighted by molar-refractivity contribution is -0.140. The summed E-state index contributed by atoms with van der Waals surface area (Å²) in [6.45, 7) is 0. The molecule has 0 atom stereocenters. The van der Waals surface area contributed by atoms with Crippen molar-refractivity contribution in [3.05, 3.63) is 42.0 Å². The maximum Gasteiger partial charge on any atom is 0.305 e. The van der Waals surface area contributed by atoms with Gasteiger partial charge in [0.15, 0.2) is 0 Å². The summed E-state index contributed by atoms with van der Waals surface area (Å²) in [6, 6.07) is 10.1. The molecule has 0 bridgehead atoms. The Bertz CT molecular complexity index is 315. The van der Waals surface area contributed by atoms with Crippen molar-refractivity contribution >= 4 is 12.0 Å². The molecule has 1 aromatic rings. The Morgan fingerprint density at radius 3 is 2.73 bits per heavy atom. The van der Waals surface area contributed by atoms with E-state index in [4.69, 9.17) is 0 Å². The van der Waals surface area contributed by atoms with Crippen molar-refractivity contribution in [1.82, 2.24) is 0 Å². The summed E-state index contributed by atoms with van der Waals surface area (Å²) >= 11 is 0. The minimum atomic E-state index is -0.136. The van der Waals surface area contributed by atoms with Gasteiger partial charge in [-0.1, -0.05) is 42.5 Å².